The molecular formula is C32H34N4O6. The number of amides is 3. The maximum Gasteiger partial charge on any atom is 0.261 e. The molecule has 0 unspecified atom stereocenters. The molecule has 218 valence electrons. The number of nitrogens with one attached hydrogen (secondary N) is 2. The predicted molar refractivity (Wildman–Crippen MR) is 155 cm³/mol. The van der Waals surface area contributed by atoms with Crippen LogP contribution in [0.1, 0.15) is 55.9 Å². The van der Waals surface area contributed by atoms with Gasteiger partial charge in [0.1, 0.15) is 17.1 Å². The number of hydrogen-bond donors (Lipinski definition) is 2. The summed E-state index contributed by atoms with van der Waals surface area (Å²) in [5.41, 5.74) is 3.82. The van der Waals surface area contributed by atoms with E-state index in [0.29, 0.717) is 30.0 Å². The van der Waals surface area contributed by atoms with Crippen LogP contribution in [0.25, 0.3) is 0 Å². The Labute approximate surface area is 243 Å². The molecule has 1 aromatic heterocycles. The lowest BCUT2D eigenvalue weighted by atomic mass is 10.00. The highest BCUT2D eigenvalue weighted by Crippen LogP contribution is 2.28. The number of aromatic amines is 1. The number of pyridine rings is 1. The van der Waals surface area contributed by atoms with E-state index in [1.807, 2.05) is 37.3 Å². The topological polar surface area (TPSA) is 121 Å². The highest BCUT2D eigenvalue weighted by atomic mass is 16.5. The van der Waals surface area contributed by atoms with E-state index in [1.54, 1.807) is 30.1 Å². The maximum absolute atomic E-state index is 13.5. The third-order valence-corrected chi connectivity index (χ3v) is 8.25. The third kappa shape index (κ3) is 5.67. The van der Waals surface area contributed by atoms with Gasteiger partial charge in [-0.25, -0.2) is 0 Å². The number of fused-ring (bicyclic) bond motifs is 6. The first-order chi connectivity index (χ1) is 20.2. The summed E-state index contributed by atoms with van der Waals surface area (Å²) in [5.74, 6) is 0.127. The smallest absolute Gasteiger partial charge is 0.261 e. The van der Waals surface area contributed by atoms with Crippen LogP contribution < -0.4 is 15.6 Å². The van der Waals surface area contributed by atoms with Crippen LogP contribution in [-0.4, -0.2) is 71.3 Å². The number of carbonyl (C=O) groups is 3. The minimum absolute atomic E-state index is 0.120. The Hall–Kier alpha value is -4.44. The second kappa shape index (κ2) is 11.4. The molecule has 0 spiro atoms. The van der Waals surface area contributed by atoms with Gasteiger partial charge in [-0.1, -0.05) is 18.2 Å². The molecule has 10 heteroatoms. The number of piperidine rings is 1. The average molecular weight is 571 g/mol. The lowest BCUT2D eigenvalue weighted by Crippen LogP contribution is -2.58. The van der Waals surface area contributed by atoms with Crippen molar-refractivity contribution in [3.05, 3.63) is 92.4 Å². The first kappa shape index (κ1) is 27.7. The molecule has 3 amide bonds. The molecule has 1 saturated heterocycles. The number of likely N-dealkylation sites (N-methyl/N-ethyl adjacent to an activating group) is 1. The third-order valence-electron chi connectivity index (χ3n) is 8.25. The first-order valence-corrected chi connectivity index (χ1v) is 14.3. The molecule has 4 bridgehead atoms. The van der Waals surface area contributed by atoms with Crippen LogP contribution >= 0.6 is 0 Å². The SMILES string of the molecule is Cc1ccc2cc1Oc1cccc(c1)CO[C@@H]1CCN(C(=O)c3cc4c([nH]c3=O)CCC4)C[C@@H]1NC(=O)CN(C)C2=O. The number of carbonyl (C=O) groups excluding carboxylic acids is 3. The molecule has 3 aromatic rings. The fraction of sp³-hybridized carbons (Fsp3) is 0.375. The molecule has 2 aromatic carbocycles. The Kier molecular flexibility index (Phi) is 7.55. The van der Waals surface area contributed by atoms with Crippen LogP contribution in [0.2, 0.25) is 0 Å². The predicted octanol–water partition coefficient (Wildman–Crippen LogP) is 2.97. The second-order valence-corrected chi connectivity index (χ2v) is 11.3. The van der Waals surface area contributed by atoms with Crippen LogP contribution in [0.15, 0.2) is 53.3 Å². The zero-order chi connectivity index (χ0) is 29.4. The summed E-state index contributed by atoms with van der Waals surface area (Å²) in [5, 5.41) is 3.00. The maximum atomic E-state index is 13.5. The number of aryl methyl sites for hydroxylation is 3. The number of likely N-dealkylation sites (tertiary alicyclic amines) is 1. The molecule has 3 aliphatic rings. The van der Waals surface area contributed by atoms with E-state index >= 15 is 0 Å². The normalized spacial score (nSPS) is 20.8. The highest BCUT2D eigenvalue weighted by Gasteiger charge is 2.35. The molecule has 2 aliphatic heterocycles. The van der Waals surface area contributed by atoms with Crippen molar-refractivity contribution in [2.24, 2.45) is 0 Å². The zero-order valence-corrected chi connectivity index (χ0v) is 23.8. The number of H-pyrrole nitrogens is 1. The quantitative estimate of drug-likeness (QED) is 0.464. The van der Waals surface area contributed by atoms with E-state index in [4.69, 9.17) is 9.47 Å². The van der Waals surface area contributed by atoms with Crippen molar-refractivity contribution in [1.82, 2.24) is 20.1 Å². The summed E-state index contributed by atoms with van der Waals surface area (Å²) in [6.07, 6.45) is 2.69. The van der Waals surface area contributed by atoms with E-state index in [2.05, 4.69) is 10.3 Å². The van der Waals surface area contributed by atoms with Crippen LogP contribution in [0.5, 0.6) is 11.5 Å². The van der Waals surface area contributed by atoms with E-state index in [1.165, 1.54) is 4.90 Å². The van der Waals surface area contributed by atoms with E-state index in [-0.39, 0.29) is 54.6 Å². The van der Waals surface area contributed by atoms with E-state index < -0.39 is 6.04 Å². The lowest BCUT2D eigenvalue weighted by molar-refractivity contribution is -0.124. The number of aromatic nitrogens is 1. The van der Waals surface area contributed by atoms with E-state index in [9.17, 15) is 19.2 Å². The number of hydrogen-bond acceptors (Lipinski definition) is 6. The molecule has 2 atom stereocenters. The Morgan fingerprint density at radius 2 is 1.90 bits per heavy atom. The second-order valence-electron chi connectivity index (χ2n) is 11.3. The summed E-state index contributed by atoms with van der Waals surface area (Å²) in [6.45, 7) is 2.56. The molecule has 0 saturated carbocycles. The molecule has 0 radical (unpaired) electrons. The van der Waals surface area contributed by atoms with Gasteiger partial charge >= 0.3 is 0 Å². The molecule has 2 N–H and O–H groups in total. The van der Waals surface area contributed by atoms with Gasteiger partial charge < -0.3 is 29.6 Å². The van der Waals surface area contributed by atoms with Crippen molar-refractivity contribution in [3.8, 4) is 11.5 Å². The summed E-state index contributed by atoms with van der Waals surface area (Å²) in [6, 6.07) is 13.9. The molecule has 1 aliphatic carbocycles. The van der Waals surface area contributed by atoms with Gasteiger partial charge in [-0.3, -0.25) is 19.2 Å². The van der Waals surface area contributed by atoms with Gasteiger partial charge in [0, 0.05) is 31.4 Å². The Balaban J connectivity index is 1.26. The molecule has 6 rings (SSSR count). The van der Waals surface area contributed by atoms with Gasteiger partial charge in [0.05, 0.1) is 25.3 Å². The largest absolute Gasteiger partial charge is 0.457 e. The average Bonchev–Trinajstić information content (AvgIpc) is 3.43. The minimum Gasteiger partial charge on any atom is -0.457 e. The Morgan fingerprint density at radius 3 is 2.76 bits per heavy atom. The van der Waals surface area contributed by atoms with Crippen molar-refractivity contribution in [1.29, 1.82) is 0 Å². The monoisotopic (exact) mass is 570 g/mol. The number of nitrogens with zero attached hydrogens (tertiary/aromatic N) is 2. The first-order valence-electron chi connectivity index (χ1n) is 14.3. The summed E-state index contributed by atoms with van der Waals surface area (Å²) >= 11 is 0. The number of benzene rings is 2. The van der Waals surface area contributed by atoms with Crippen LogP contribution in [0.4, 0.5) is 0 Å². The molecule has 1 fully saturated rings. The van der Waals surface area contributed by atoms with Gasteiger partial charge in [0.25, 0.3) is 17.4 Å². The number of rotatable bonds is 1. The van der Waals surface area contributed by atoms with Crippen LogP contribution in [0.3, 0.4) is 0 Å². The summed E-state index contributed by atoms with van der Waals surface area (Å²) in [7, 11) is 1.57. The molecular weight excluding hydrogens is 536 g/mol. The standard InChI is InChI=1S/C32H34N4O6/c1-19-9-10-22-15-28(19)42-23-7-3-5-20(13-23)18-41-27-11-12-36(16-26(27)33-29(37)17-35(2)31(22)39)32(40)24-14-21-6-4-8-25(21)34-30(24)38/h3,5,7,9-10,13-15,26-27H,4,6,8,11-12,16-18H2,1-2H3,(H,33,37)(H,34,38)/t26-,27+/m0/s1. The van der Waals surface area contributed by atoms with E-state index in [0.717, 1.165) is 41.6 Å². The Bertz CT molecular complexity index is 1610. The fourth-order valence-corrected chi connectivity index (χ4v) is 5.93. The van der Waals surface area contributed by atoms with Crippen molar-refractivity contribution in [2.75, 3.05) is 26.7 Å². The molecule has 10 nitrogen and oxygen atoms in total. The van der Waals surface area contributed by atoms with Gasteiger partial charge in [-0.2, -0.15) is 0 Å². The van der Waals surface area contributed by atoms with Gasteiger partial charge in [0.2, 0.25) is 5.91 Å². The summed E-state index contributed by atoms with van der Waals surface area (Å²) < 4.78 is 12.5. The van der Waals surface area contributed by atoms with Crippen LogP contribution in [0, 0.1) is 6.92 Å². The van der Waals surface area contributed by atoms with Gasteiger partial charge in [-0.15, -0.1) is 0 Å². The molecule has 42 heavy (non-hydrogen) atoms. The zero-order valence-electron chi connectivity index (χ0n) is 23.8. The highest BCUT2D eigenvalue weighted by molar-refractivity contribution is 5.97. The summed E-state index contributed by atoms with van der Waals surface area (Å²) in [4.78, 5) is 58.5. The van der Waals surface area contributed by atoms with Crippen LogP contribution in [-0.2, 0) is 29.0 Å². The van der Waals surface area contributed by atoms with Gasteiger partial charge in [-0.05, 0) is 79.6 Å². The minimum atomic E-state index is -0.537. The van der Waals surface area contributed by atoms with Crippen molar-refractivity contribution in [3.63, 3.8) is 0 Å². The van der Waals surface area contributed by atoms with Crippen molar-refractivity contribution < 1.29 is 23.9 Å². The van der Waals surface area contributed by atoms with Crippen molar-refractivity contribution in [2.45, 2.75) is 51.4 Å². The molecule has 3 heterocycles. The van der Waals surface area contributed by atoms with Crippen molar-refractivity contribution >= 4 is 17.7 Å². The number of ether oxygens (including phenoxy) is 2. The van der Waals surface area contributed by atoms with Gasteiger partial charge in [0.15, 0.2) is 0 Å². The Morgan fingerprint density at radius 1 is 1.05 bits per heavy atom. The lowest BCUT2D eigenvalue weighted by Gasteiger charge is -2.39. The fourth-order valence-electron chi connectivity index (χ4n) is 5.93.